The van der Waals surface area contributed by atoms with Gasteiger partial charge in [-0.25, -0.2) is 9.78 Å². The number of anilines is 1. The Morgan fingerprint density at radius 1 is 1.05 bits per heavy atom. The number of carbonyl (C=O) groups excluding carboxylic acids is 2. The molecule has 38 heavy (non-hydrogen) atoms. The highest BCUT2D eigenvalue weighted by atomic mass is 19.4. The van der Waals surface area contributed by atoms with Gasteiger partial charge in [0.2, 0.25) is 5.91 Å². The molecule has 0 bridgehead atoms. The van der Waals surface area contributed by atoms with Gasteiger partial charge in [0.1, 0.15) is 11.4 Å². The van der Waals surface area contributed by atoms with Crippen molar-refractivity contribution in [2.24, 2.45) is 5.92 Å². The Labute approximate surface area is 224 Å². The summed E-state index contributed by atoms with van der Waals surface area (Å²) in [6.07, 6.45) is 0.785. The van der Waals surface area contributed by atoms with Gasteiger partial charge in [0, 0.05) is 57.5 Å². The predicted octanol–water partition coefficient (Wildman–Crippen LogP) is 5.27. The van der Waals surface area contributed by atoms with Crippen molar-refractivity contribution in [1.29, 1.82) is 0 Å². The van der Waals surface area contributed by atoms with Crippen LogP contribution in [0.25, 0.3) is 0 Å². The first-order valence-electron chi connectivity index (χ1n) is 13.6. The zero-order chi connectivity index (χ0) is 28.3. The maximum Gasteiger partial charge on any atom is 0.416 e. The molecule has 1 aromatic rings. The highest BCUT2D eigenvalue weighted by Gasteiger charge is 2.36. The van der Waals surface area contributed by atoms with Crippen LogP contribution in [0.3, 0.4) is 0 Å². The second-order valence-electron chi connectivity index (χ2n) is 10.4. The van der Waals surface area contributed by atoms with Crippen molar-refractivity contribution in [2.75, 3.05) is 44.3 Å². The third-order valence-corrected chi connectivity index (χ3v) is 6.32. The van der Waals surface area contributed by atoms with Crippen LogP contribution in [0, 0.1) is 5.92 Å². The Balaban J connectivity index is 0.000000636. The Morgan fingerprint density at radius 2 is 1.68 bits per heavy atom. The number of nitrogens with zero attached hydrogens (tertiary/aromatic N) is 3. The number of alkyl halides is 3. The maximum atomic E-state index is 12.9. The third kappa shape index (κ3) is 10.3. The van der Waals surface area contributed by atoms with Crippen molar-refractivity contribution >= 4 is 17.8 Å². The van der Waals surface area contributed by atoms with Crippen molar-refractivity contribution in [1.82, 2.24) is 15.2 Å². The van der Waals surface area contributed by atoms with Gasteiger partial charge >= 0.3 is 12.3 Å². The number of hydrogen-bond acceptors (Lipinski definition) is 6. The smallest absolute Gasteiger partial charge is 0.416 e. The molecule has 8 nitrogen and oxygen atoms in total. The number of nitrogens with one attached hydrogen (secondary N) is 1. The van der Waals surface area contributed by atoms with Crippen LogP contribution in [0.2, 0.25) is 0 Å². The summed E-state index contributed by atoms with van der Waals surface area (Å²) in [4.78, 5) is 32.4. The molecule has 0 aromatic carbocycles. The molecule has 3 fully saturated rings. The zero-order valence-corrected chi connectivity index (χ0v) is 23.3. The molecule has 3 heterocycles. The van der Waals surface area contributed by atoms with Crippen LogP contribution in [0.1, 0.15) is 72.3 Å². The van der Waals surface area contributed by atoms with Crippen LogP contribution in [0.15, 0.2) is 18.3 Å². The normalized spacial score (nSPS) is 21.6. The van der Waals surface area contributed by atoms with Crippen molar-refractivity contribution in [3.8, 4) is 0 Å². The van der Waals surface area contributed by atoms with Crippen LogP contribution in [-0.2, 0) is 20.4 Å². The highest BCUT2D eigenvalue weighted by Crippen LogP contribution is 2.31. The van der Waals surface area contributed by atoms with Crippen LogP contribution in [0.5, 0.6) is 0 Å². The largest absolute Gasteiger partial charge is 0.444 e. The van der Waals surface area contributed by atoms with Crippen LogP contribution < -0.4 is 10.2 Å². The third-order valence-electron chi connectivity index (χ3n) is 6.32. The molecule has 1 aromatic heterocycles. The maximum absolute atomic E-state index is 12.9. The summed E-state index contributed by atoms with van der Waals surface area (Å²) in [5.41, 5.74) is -1.31. The van der Waals surface area contributed by atoms with Gasteiger partial charge in [0.05, 0.1) is 5.56 Å². The first kappa shape index (κ1) is 31.7. The summed E-state index contributed by atoms with van der Waals surface area (Å²) >= 11 is 0. The summed E-state index contributed by atoms with van der Waals surface area (Å²) in [6, 6.07) is 1.89. The molecule has 0 radical (unpaired) electrons. The zero-order valence-electron chi connectivity index (χ0n) is 23.3. The van der Waals surface area contributed by atoms with Gasteiger partial charge in [-0.15, -0.1) is 0 Å². The molecular formula is C27H43F3N4O4. The Hall–Kier alpha value is -2.56. The molecule has 1 aliphatic carbocycles. The SMILES string of the molecule is C1CCOC1.CC.CC(C)(C)OC(=O)NC1CCC(C(=O)N2CCN(c3cc(C(F)(F)F)ccn3)CC2)C1. The monoisotopic (exact) mass is 544 g/mol. The van der Waals surface area contributed by atoms with E-state index in [0.717, 1.165) is 31.5 Å². The lowest BCUT2D eigenvalue weighted by atomic mass is 10.1. The fraction of sp³-hybridized carbons (Fsp3) is 0.741. The van der Waals surface area contributed by atoms with E-state index < -0.39 is 23.4 Å². The van der Waals surface area contributed by atoms with E-state index in [4.69, 9.17) is 9.47 Å². The molecule has 2 unspecified atom stereocenters. The second kappa shape index (κ2) is 14.6. The first-order valence-corrected chi connectivity index (χ1v) is 13.6. The van der Waals surface area contributed by atoms with E-state index in [1.54, 1.807) is 30.6 Å². The topological polar surface area (TPSA) is 84.0 Å². The average Bonchev–Trinajstić information content (AvgIpc) is 3.59. The van der Waals surface area contributed by atoms with Crippen LogP contribution in [0.4, 0.5) is 23.8 Å². The molecule has 216 valence electrons. The molecule has 4 rings (SSSR count). The van der Waals surface area contributed by atoms with Crippen LogP contribution >= 0.6 is 0 Å². The number of amides is 2. The van der Waals surface area contributed by atoms with Gasteiger partial charge in [0.25, 0.3) is 0 Å². The van der Waals surface area contributed by atoms with E-state index in [0.29, 0.717) is 45.4 Å². The number of ether oxygens (including phenoxy) is 2. The molecule has 1 N–H and O–H groups in total. The minimum absolute atomic E-state index is 0.0325. The summed E-state index contributed by atoms with van der Waals surface area (Å²) in [5, 5.41) is 2.83. The number of aromatic nitrogens is 1. The van der Waals surface area contributed by atoms with Gasteiger partial charge in [-0.05, 0) is 65.0 Å². The molecule has 2 aliphatic heterocycles. The number of alkyl carbamates (subject to hydrolysis) is 1. The van der Waals surface area contributed by atoms with Crippen molar-refractivity contribution in [2.45, 2.75) is 84.5 Å². The number of rotatable bonds is 3. The Morgan fingerprint density at radius 3 is 2.21 bits per heavy atom. The van der Waals surface area contributed by atoms with Crippen molar-refractivity contribution < 1.29 is 32.2 Å². The molecule has 0 spiro atoms. The quantitative estimate of drug-likeness (QED) is 0.559. The fourth-order valence-corrected chi connectivity index (χ4v) is 4.50. The highest BCUT2D eigenvalue weighted by molar-refractivity contribution is 5.79. The lowest BCUT2D eigenvalue weighted by Gasteiger charge is -2.36. The average molecular weight is 545 g/mol. The van der Waals surface area contributed by atoms with E-state index in [1.165, 1.54) is 12.8 Å². The summed E-state index contributed by atoms with van der Waals surface area (Å²) in [5.74, 6) is 0.132. The number of piperazine rings is 1. The number of halogens is 3. The predicted molar refractivity (Wildman–Crippen MR) is 140 cm³/mol. The van der Waals surface area contributed by atoms with Gasteiger partial charge in [-0.3, -0.25) is 4.79 Å². The minimum Gasteiger partial charge on any atom is -0.444 e. The van der Waals surface area contributed by atoms with E-state index >= 15 is 0 Å². The lowest BCUT2D eigenvalue weighted by molar-refractivity contribution is -0.137. The first-order chi connectivity index (χ1) is 17.9. The van der Waals surface area contributed by atoms with E-state index in [1.807, 2.05) is 13.8 Å². The van der Waals surface area contributed by atoms with Gasteiger partial charge in [-0.1, -0.05) is 13.8 Å². The fourth-order valence-electron chi connectivity index (χ4n) is 4.50. The van der Waals surface area contributed by atoms with Crippen molar-refractivity contribution in [3.63, 3.8) is 0 Å². The van der Waals surface area contributed by atoms with Gasteiger partial charge in [-0.2, -0.15) is 13.2 Å². The molecule has 1 saturated carbocycles. The molecule has 3 aliphatic rings. The van der Waals surface area contributed by atoms with E-state index in [-0.39, 0.29) is 23.7 Å². The Kier molecular flexibility index (Phi) is 12.1. The van der Waals surface area contributed by atoms with Gasteiger partial charge < -0.3 is 24.6 Å². The van der Waals surface area contributed by atoms with Crippen molar-refractivity contribution in [3.05, 3.63) is 23.9 Å². The van der Waals surface area contributed by atoms with Crippen LogP contribution in [-0.4, -0.2) is 72.9 Å². The standard InChI is InChI=1S/C21H29F3N4O3.C4H8O.C2H6/c1-20(2,3)31-19(30)26-16-5-4-14(12-16)18(29)28-10-8-27(9-11-28)17-13-15(6-7-25-17)21(22,23)24;1-2-4-5-3-1;1-2/h6-7,13-14,16H,4-5,8-12H2,1-3H3,(H,26,30);1-4H2;1-2H3. The summed E-state index contributed by atoms with van der Waals surface area (Å²) < 4.78 is 49.0. The molecule has 11 heteroatoms. The molecule has 2 saturated heterocycles. The van der Waals surface area contributed by atoms with Gasteiger partial charge in [0.15, 0.2) is 0 Å². The molecule has 2 atom stereocenters. The second-order valence-corrected chi connectivity index (χ2v) is 10.4. The number of hydrogen-bond donors (Lipinski definition) is 1. The summed E-state index contributed by atoms with van der Waals surface area (Å²) in [6.45, 7) is 13.1. The van der Waals surface area contributed by atoms with E-state index in [9.17, 15) is 22.8 Å². The van der Waals surface area contributed by atoms with E-state index in [2.05, 4.69) is 10.3 Å². The molecule has 2 amide bonds. The minimum atomic E-state index is -4.41. The lowest BCUT2D eigenvalue weighted by Crippen LogP contribution is -2.50. The number of pyridine rings is 1. The number of carbonyl (C=O) groups is 2. The molecular weight excluding hydrogens is 501 g/mol. The Bertz CT molecular complexity index is 872. The summed E-state index contributed by atoms with van der Waals surface area (Å²) in [7, 11) is 0.